The van der Waals surface area contributed by atoms with E-state index in [2.05, 4.69) is 5.10 Å². The SMILES string of the molecule is Cc1c(N(C)C(=O)C(C)(C)C)cnn1C. The molecule has 1 aromatic rings. The van der Waals surface area contributed by atoms with Crippen LogP contribution in [0, 0.1) is 12.3 Å². The van der Waals surface area contributed by atoms with E-state index in [1.807, 2.05) is 34.7 Å². The van der Waals surface area contributed by atoms with Gasteiger partial charge in [0, 0.05) is 19.5 Å². The number of amides is 1. The van der Waals surface area contributed by atoms with Crippen LogP contribution in [0.3, 0.4) is 0 Å². The van der Waals surface area contributed by atoms with Crippen molar-refractivity contribution in [2.45, 2.75) is 27.7 Å². The Morgan fingerprint density at radius 3 is 2.33 bits per heavy atom. The largest absolute Gasteiger partial charge is 0.312 e. The molecular weight excluding hydrogens is 190 g/mol. The van der Waals surface area contributed by atoms with Gasteiger partial charge in [0.2, 0.25) is 5.91 Å². The molecule has 84 valence electrons. The summed E-state index contributed by atoms with van der Waals surface area (Å²) in [6, 6.07) is 0. The van der Waals surface area contributed by atoms with Gasteiger partial charge in [-0.1, -0.05) is 20.8 Å². The van der Waals surface area contributed by atoms with Crippen molar-refractivity contribution in [3.05, 3.63) is 11.9 Å². The normalized spacial score (nSPS) is 11.6. The summed E-state index contributed by atoms with van der Waals surface area (Å²) in [5.74, 6) is 0.0959. The fourth-order valence-electron chi connectivity index (χ4n) is 1.43. The molecule has 0 atom stereocenters. The van der Waals surface area contributed by atoms with Crippen LogP contribution < -0.4 is 4.90 Å². The van der Waals surface area contributed by atoms with Crippen molar-refractivity contribution in [1.29, 1.82) is 0 Å². The average Bonchev–Trinajstić information content (AvgIpc) is 2.44. The van der Waals surface area contributed by atoms with Gasteiger partial charge in [0.25, 0.3) is 0 Å². The molecule has 1 rings (SSSR count). The molecule has 0 saturated heterocycles. The summed E-state index contributed by atoms with van der Waals surface area (Å²) in [5.41, 5.74) is 1.50. The number of anilines is 1. The number of carbonyl (C=O) groups excluding carboxylic acids is 1. The Morgan fingerprint density at radius 2 is 2.00 bits per heavy atom. The number of nitrogens with zero attached hydrogens (tertiary/aromatic N) is 3. The maximum atomic E-state index is 12.0. The monoisotopic (exact) mass is 209 g/mol. The first-order valence-electron chi connectivity index (χ1n) is 5.02. The van der Waals surface area contributed by atoms with Gasteiger partial charge in [-0.2, -0.15) is 5.10 Å². The lowest BCUT2D eigenvalue weighted by atomic mass is 9.95. The van der Waals surface area contributed by atoms with Gasteiger partial charge in [0.15, 0.2) is 0 Å². The highest BCUT2D eigenvalue weighted by atomic mass is 16.2. The maximum absolute atomic E-state index is 12.0. The predicted octanol–water partition coefficient (Wildman–Crippen LogP) is 1.74. The van der Waals surface area contributed by atoms with Gasteiger partial charge < -0.3 is 4.90 Å². The van der Waals surface area contributed by atoms with Crippen molar-refractivity contribution in [2.75, 3.05) is 11.9 Å². The zero-order chi connectivity index (χ0) is 11.8. The fraction of sp³-hybridized carbons (Fsp3) is 0.636. The van der Waals surface area contributed by atoms with Crippen LogP contribution in [0.25, 0.3) is 0 Å². The molecule has 1 aromatic heterocycles. The van der Waals surface area contributed by atoms with Crippen LogP contribution in [0.1, 0.15) is 26.5 Å². The minimum atomic E-state index is -0.364. The van der Waals surface area contributed by atoms with Crippen LogP contribution >= 0.6 is 0 Å². The zero-order valence-electron chi connectivity index (χ0n) is 10.3. The minimum Gasteiger partial charge on any atom is -0.312 e. The second-order valence-corrected chi connectivity index (χ2v) is 4.85. The van der Waals surface area contributed by atoms with E-state index in [1.165, 1.54) is 0 Å². The molecule has 1 amide bonds. The summed E-state index contributed by atoms with van der Waals surface area (Å²) in [6.45, 7) is 7.70. The fourth-order valence-corrected chi connectivity index (χ4v) is 1.43. The summed E-state index contributed by atoms with van der Waals surface area (Å²) in [5, 5.41) is 4.12. The Bertz CT molecular complexity index is 374. The smallest absolute Gasteiger partial charge is 0.232 e. The van der Waals surface area contributed by atoms with Gasteiger partial charge in [0.05, 0.1) is 17.6 Å². The molecule has 0 aromatic carbocycles. The first-order valence-corrected chi connectivity index (χ1v) is 5.02. The predicted molar refractivity (Wildman–Crippen MR) is 60.8 cm³/mol. The van der Waals surface area contributed by atoms with E-state index in [0.717, 1.165) is 11.4 Å². The molecule has 15 heavy (non-hydrogen) atoms. The highest BCUT2D eigenvalue weighted by molar-refractivity contribution is 5.96. The summed E-state index contributed by atoms with van der Waals surface area (Å²) in [4.78, 5) is 13.7. The third-order valence-electron chi connectivity index (χ3n) is 2.52. The Labute approximate surface area is 90.9 Å². The summed E-state index contributed by atoms with van der Waals surface area (Å²) < 4.78 is 1.77. The van der Waals surface area contributed by atoms with Crippen LogP contribution in [0.15, 0.2) is 6.20 Å². The summed E-state index contributed by atoms with van der Waals surface area (Å²) in [7, 11) is 3.66. The zero-order valence-corrected chi connectivity index (χ0v) is 10.3. The van der Waals surface area contributed by atoms with E-state index >= 15 is 0 Å². The van der Waals surface area contributed by atoms with Crippen molar-refractivity contribution in [1.82, 2.24) is 9.78 Å². The minimum absolute atomic E-state index is 0.0959. The van der Waals surface area contributed by atoms with Gasteiger partial charge in [-0.15, -0.1) is 0 Å². The Kier molecular flexibility index (Phi) is 2.88. The molecular formula is C11H19N3O. The van der Waals surface area contributed by atoms with Gasteiger partial charge in [-0.3, -0.25) is 9.48 Å². The van der Waals surface area contributed by atoms with Crippen LogP contribution in [-0.4, -0.2) is 22.7 Å². The Morgan fingerprint density at radius 1 is 1.47 bits per heavy atom. The van der Waals surface area contributed by atoms with E-state index in [9.17, 15) is 4.79 Å². The second-order valence-electron chi connectivity index (χ2n) is 4.85. The topological polar surface area (TPSA) is 38.1 Å². The van der Waals surface area contributed by atoms with E-state index in [1.54, 1.807) is 22.8 Å². The first kappa shape index (κ1) is 11.8. The first-order chi connectivity index (χ1) is 6.75. The third kappa shape index (κ3) is 2.19. The molecule has 0 aliphatic heterocycles. The van der Waals surface area contributed by atoms with Crippen molar-refractivity contribution < 1.29 is 4.79 Å². The number of aromatic nitrogens is 2. The van der Waals surface area contributed by atoms with Crippen LogP contribution in [-0.2, 0) is 11.8 Å². The highest BCUT2D eigenvalue weighted by Crippen LogP contribution is 2.23. The quantitative estimate of drug-likeness (QED) is 0.706. The van der Waals surface area contributed by atoms with Gasteiger partial charge in [0.1, 0.15) is 0 Å². The molecule has 1 heterocycles. The molecule has 0 aliphatic rings. The number of hydrogen-bond donors (Lipinski definition) is 0. The highest BCUT2D eigenvalue weighted by Gasteiger charge is 2.27. The van der Waals surface area contributed by atoms with Crippen molar-refractivity contribution in [3.63, 3.8) is 0 Å². The van der Waals surface area contributed by atoms with Gasteiger partial charge in [-0.05, 0) is 6.92 Å². The molecule has 0 bridgehead atoms. The molecule has 4 nitrogen and oxygen atoms in total. The standard InChI is InChI=1S/C11H19N3O/c1-8-9(7-12-14(8)6)13(5)10(15)11(2,3)4/h7H,1-6H3. The van der Waals surface area contributed by atoms with Gasteiger partial charge in [-0.25, -0.2) is 0 Å². The van der Waals surface area contributed by atoms with Crippen molar-refractivity contribution in [2.24, 2.45) is 12.5 Å². The third-order valence-corrected chi connectivity index (χ3v) is 2.52. The molecule has 0 aliphatic carbocycles. The number of carbonyl (C=O) groups is 1. The Balaban J connectivity index is 3.00. The summed E-state index contributed by atoms with van der Waals surface area (Å²) >= 11 is 0. The number of aryl methyl sites for hydroxylation is 1. The average molecular weight is 209 g/mol. The molecule has 0 spiro atoms. The molecule has 0 unspecified atom stereocenters. The molecule has 0 saturated carbocycles. The summed E-state index contributed by atoms with van der Waals surface area (Å²) in [6.07, 6.45) is 1.72. The van der Waals surface area contributed by atoms with E-state index in [-0.39, 0.29) is 11.3 Å². The van der Waals surface area contributed by atoms with Crippen LogP contribution in [0.2, 0.25) is 0 Å². The molecule has 0 fully saturated rings. The van der Waals surface area contributed by atoms with Gasteiger partial charge >= 0.3 is 0 Å². The number of hydrogen-bond acceptors (Lipinski definition) is 2. The Hall–Kier alpha value is -1.32. The van der Waals surface area contributed by atoms with E-state index < -0.39 is 0 Å². The van der Waals surface area contributed by atoms with E-state index in [0.29, 0.717) is 0 Å². The lowest BCUT2D eigenvalue weighted by Gasteiger charge is -2.25. The number of rotatable bonds is 1. The van der Waals surface area contributed by atoms with Crippen LogP contribution in [0.5, 0.6) is 0 Å². The molecule has 4 heteroatoms. The second kappa shape index (κ2) is 3.68. The maximum Gasteiger partial charge on any atom is 0.232 e. The van der Waals surface area contributed by atoms with Crippen molar-refractivity contribution >= 4 is 11.6 Å². The van der Waals surface area contributed by atoms with Crippen molar-refractivity contribution in [3.8, 4) is 0 Å². The lowest BCUT2D eigenvalue weighted by Crippen LogP contribution is -2.36. The lowest BCUT2D eigenvalue weighted by molar-refractivity contribution is -0.125. The van der Waals surface area contributed by atoms with Crippen LogP contribution in [0.4, 0.5) is 5.69 Å². The molecule has 0 radical (unpaired) electrons. The van der Waals surface area contributed by atoms with E-state index in [4.69, 9.17) is 0 Å². The molecule has 0 N–H and O–H groups in total.